The number of rotatable bonds is 13. The molecular weight excluding hydrogens is 565 g/mol. The predicted molar refractivity (Wildman–Crippen MR) is 170 cm³/mol. The Balaban J connectivity index is 0. The van der Waals surface area contributed by atoms with Crippen LogP contribution in [0.4, 0.5) is 0 Å². The van der Waals surface area contributed by atoms with E-state index in [-0.39, 0.29) is 31.1 Å². The summed E-state index contributed by atoms with van der Waals surface area (Å²) in [6.45, 7) is 3.18. The molecule has 37 heavy (non-hydrogen) atoms. The summed E-state index contributed by atoms with van der Waals surface area (Å²) in [7, 11) is 5.17. The summed E-state index contributed by atoms with van der Waals surface area (Å²) in [5, 5.41) is 5.84. The molecule has 0 aromatic heterocycles. The highest BCUT2D eigenvalue weighted by Crippen LogP contribution is 2.26. The minimum Gasteiger partial charge on any atom is -0.310 e. The first kappa shape index (κ1) is 38.2. The zero-order chi connectivity index (χ0) is 27.4. The summed E-state index contributed by atoms with van der Waals surface area (Å²) in [6.07, 6.45) is 1.22. The Kier molecular flexibility index (Phi) is 23.7. The maximum absolute atomic E-state index is 11.2. The maximum Gasteiger partial charge on any atom is 0.199 e. The summed E-state index contributed by atoms with van der Waals surface area (Å²) in [5.41, 5.74) is 2.36. The van der Waals surface area contributed by atoms with Crippen LogP contribution < -0.4 is 10.6 Å². The van der Waals surface area contributed by atoms with Gasteiger partial charge in [0.25, 0.3) is 0 Å². The molecule has 2 atom stereocenters. The second kappa shape index (κ2) is 23.0. The molecule has 0 saturated heterocycles. The molecule has 6 nitrogen and oxygen atoms in total. The van der Waals surface area contributed by atoms with Gasteiger partial charge in [-0.05, 0) is 49.9 Å². The second-order valence-corrected chi connectivity index (χ2v) is 14.9. The summed E-state index contributed by atoms with van der Waals surface area (Å²) < 4.78 is 21.5. The van der Waals surface area contributed by atoms with Gasteiger partial charge in [0.15, 0.2) is 8.87 Å². The van der Waals surface area contributed by atoms with E-state index in [0.29, 0.717) is 11.5 Å². The highest BCUT2D eigenvalue weighted by molar-refractivity contribution is 8.76. The van der Waals surface area contributed by atoms with Crippen LogP contribution in [0.5, 0.6) is 0 Å². The molecule has 2 rings (SSSR count). The van der Waals surface area contributed by atoms with Gasteiger partial charge >= 0.3 is 0 Å². The molecule has 0 spiro atoms. The lowest BCUT2D eigenvalue weighted by Gasteiger charge is -2.11. The first-order valence-electron chi connectivity index (χ1n) is 11.2. The summed E-state index contributed by atoms with van der Waals surface area (Å²) in [4.78, 5) is 21.6. The topological polar surface area (TPSA) is 92.3 Å². The third kappa shape index (κ3) is 21.7. The van der Waals surface area contributed by atoms with Gasteiger partial charge in [0.05, 0.1) is 12.1 Å². The molecule has 0 aliphatic rings. The average Bonchev–Trinajstić information content (AvgIpc) is 2.85. The van der Waals surface area contributed by atoms with Crippen molar-refractivity contribution >= 4 is 65.4 Å². The number of Topliss-reactive ketones (excluding diaryl/α,β-unsaturated/α-hetero) is 2. The first-order chi connectivity index (χ1) is 17.0. The molecule has 11 heteroatoms. The van der Waals surface area contributed by atoms with Gasteiger partial charge in [0.2, 0.25) is 0 Å². The van der Waals surface area contributed by atoms with Gasteiger partial charge in [-0.3, -0.25) is 9.59 Å². The van der Waals surface area contributed by atoms with Crippen molar-refractivity contribution in [3.8, 4) is 0 Å². The van der Waals surface area contributed by atoms with Crippen molar-refractivity contribution in [2.75, 3.05) is 31.9 Å². The number of hydrogen-bond acceptors (Lipinski definition) is 10. The van der Waals surface area contributed by atoms with Gasteiger partial charge < -0.3 is 10.6 Å². The van der Waals surface area contributed by atoms with Gasteiger partial charge in [-0.15, -0.1) is 0 Å². The minimum atomic E-state index is -2.91. The highest BCUT2D eigenvalue weighted by atomic mass is 33.1. The van der Waals surface area contributed by atoms with Crippen LogP contribution in [0.25, 0.3) is 0 Å². The lowest BCUT2D eigenvalue weighted by Crippen LogP contribution is -2.34. The van der Waals surface area contributed by atoms with Crippen molar-refractivity contribution in [3.63, 3.8) is 0 Å². The van der Waals surface area contributed by atoms with E-state index in [9.17, 15) is 18.0 Å². The van der Waals surface area contributed by atoms with E-state index < -0.39 is 8.87 Å². The van der Waals surface area contributed by atoms with Crippen LogP contribution in [0.15, 0.2) is 60.7 Å². The fourth-order valence-corrected chi connectivity index (χ4v) is 6.81. The number of hydrogen-bond donors (Lipinski definition) is 3. The van der Waals surface area contributed by atoms with E-state index in [2.05, 4.69) is 35.4 Å². The highest BCUT2D eigenvalue weighted by Gasteiger charge is 2.11. The molecule has 2 unspecified atom stereocenters. The van der Waals surface area contributed by atoms with Crippen molar-refractivity contribution in [2.24, 2.45) is 0 Å². The fourth-order valence-electron chi connectivity index (χ4n) is 2.38. The lowest BCUT2D eigenvalue weighted by molar-refractivity contribution is -0.119. The Morgan fingerprint density at radius 1 is 0.811 bits per heavy atom. The van der Waals surface area contributed by atoms with Crippen molar-refractivity contribution in [1.29, 1.82) is 0 Å². The fraction of sp³-hybridized carbons (Fsp3) is 0.462. The van der Waals surface area contributed by atoms with Crippen LogP contribution in [-0.4, -0.2) is 63.9 Å². The van der Waals surface area contributed by atoms with Gasteiger partial charge in [-0.25, -0.2) is 8.42 Å². The van der Waals surface area contributed by atoms with Crippen molar-refractivity contribution < 1.29 is 18.0 Å². The third-order valence-electron chi connectivity index (χ3n) is 4.53. The van der Waals surface area contributed by atoms with Crippen LogP contribution in [0, 0.1) is 0 Å². The quantitative estimate of drug-likeness (QED) is 0.158. The summed E-state index contributed by atoms with van der Waals surface area (Å²) in [6, 6.07) is 19.8. The SMILES string of the molecule is C.CNC(CS)C(C)=O.CNC(CSSCc1ccccc1)C(C)=O.CS(=O)(=O)SCc1ccccc1. The molecule has 0 aliphatic carbocycles. The first-order valence-corrected chi connectivity index (χ1v) is 17.7. The largest absolute Gasteiger partial charge is 0.310 e. The second-order valence-electron chi connectivity index (χ2n) is 7.57. The van der Waals surface area contributed by atoms with Gasteiger partial charge in [-0.2, -0.15) is 12.6 Å². The zero-order valence-electron chi connectivity index (χ0n) is 21.5. The molecule has 0 heterocycles. The van der Waals surface area contributed by atoms with E-state index in [4.69, 9.17) is 0 Å². The molecule has 210 valence electrons. The Labute approximate surface area is 241 Å². The smallest absolute Gasteiger partial charge is 0.199 e. The number of thiol groups is 1. The number of carbonyl (C=O) groups excluding carboxylic acids is 2. The Hall–Kier alpha value is -0.950. The van der Waals surface area contributed by atoms with E-state index in [1.54, 1.807) is 42.5 Å². The number of carbonyl (C=O) groups is 2. The predicted octanol–water partition coefficient (Wildman–Crippen LogP) is 5.35. The molecule has 0 bridgehead atoms. The Bertz CT molecular complexity index is 957. The van der Waals surface area contributed by atoms with Gasteiger partial charge in [0.1, 0.15) is 11.6 Å². The monoisotopic (exact) mass is 606 g/mol. The van der Waals surface area contributed by atoms with E-state index in [1.807, 2.05) is 55.6 Å². The zero-order valence-corrected chi connectivity index (χ0v) is 25.6. The minimum absolute atomic E-state index is 0. The van der Waals surface area contributed by atoms with Crippen LogP contribution in [0.3, 0.4) is 0 Å². The molecule has 0 saturated carbocycles. The number of likely N-dealkylation sites (N-methyl/N-ethyl adjacent to an activating group) is 2. The third-order valence-corrected chi connectivity index (χ3v) is 9.76. The standard InChI is InChI=1S/C12H17NOS2.C8H10O2S2.C5H11NOS.CH4/c1-10(14)12(13-2)9-16-15-8-11-6-4-3-5-7-11;1-12(9,10)11-7-8-5-3-2-4-6-8;1-4(7)5(3-8)6-2;/h3-7,12-13H,8-9H2,1-2H3;2-6H,7H2,1H3;5-6,8H,3H2,1-2H3;1H4. The summed E-state index contributed by atoms with van der Waals surface area (Å²) >= 11 is 3.95. The average molecular weight is 607 g/mol. The number of ketones is 2. The van der Waals surface area contributed by atoms with Crippen LogP contribution >= 0.6 is 45.0 Å². The molecule has 2 N–H and O–H groups in total. The normalized spacial score (nSPS) is 11.9. The van der Waals surface area contributed by atoms with Crippen LogP contribution in [0.2, 0.25) is 0 Å². The van der Waals surface area contributed by atoms with Crippen LogP contribution in [-0.2, 0) is 30.0 Å². The Morgan fingerprint density at radius 2 is 1.24 bits per heavy atom. The van der Waals surface area contributed by atoms with E-state index >= 15 is 0 Å². The van der Waals surface area contributed by atoms with Crippen molar-refractivity contribution in [2.45, 2.75) is 44.9 Å². The molecule has 2 aromatic carbocycles. The molecule has 0 fully saturated rings. The molecule has 2 aromatic rings. The number of benzene rings is 2. The van der Waals surface area contributed by atoms with Crippen molar-refractivity contribution in [1.82, 2.24) is 10.6 Å². The van der Waals surface area contributed by atoms with Gasteiger partial charge in [-0.1, -0.05) is 89.7 Å². The van der Waals surface area contributed by atoms with E-state index in [0.717, 1.165) is 27.9 Å². The number of nitrogens with one attached hydrogen (secondary N) is 2. The molecular formula is C26H42N2O4S5. The lowest BCUT2D eigenvalue weighted by atomic mass is 10.2. The molecule has 0 amide bonds. The van der Waals surface area contributed by atoms with Crippen molar-refractivity contribution in [3.05, 3.63) is 71.8 Å². The maximum atomic E-state index is 11.2. The Morgan fingerprint density at radius 3 is 1.57 bits per heavy atom. The van der Waals surface area contributed by atoms with Crippen LogP contribution in [0.1, 0.15) is 32.4 Å². The summed E-state index contributed by atoms with van der Waals surface area (Å²) in [5.74, 6) is 3.26. The molecule has 0 aliphatic heterocycles. The van der Waals surface area contributed by atoms with E-state index in [1.165, 1.54) is 11.8 Å². The molecule has 0 radical (unpaired) electrons. The van der Waals surface area contributed by atoms with Gasteiger partial charge in [0, 0.05) is 29.3 Å².